The van der Waals surface area contributed by atoms with E-state index in [1.807, 2.05) is 51.1 Å². The smallest absolute Gasteiger partial charge is 0.271 e. The van der Waals surface area contributed by atoms with Gasteiger partial charge in [-0.05, 0) is 39.0 Å². The largest absolute Gasteiger partial charge is 0.336 e. The van der Waals surface area contributed by atoms with Crippen molar-refractivity contribution in [1.29, 1.82) is 0 Å². The molecule has 0 spiro atoms. The van der Waals surface area contributed by atoms with Crippen LogP contribution in [0.2, 0.25) is 0 Å². The van der Waals surface area contributed by atoms with E-state index in [0.717, 1.165) is 28.7 Å². The summed E-state index contributed by atoms with van der Waals surface area (Å²) in [6, 6.07) is 9.36. The maximum Gasteiger partial charge on any atom is 0.271 e. The maximum atomic E-state index is 12.4. The molecule has 0 radical (unpaired) electrons. The zero-order valence-corrected chi connectivity index (χ0v) is 18.1. The summed E-state index contributed by atoms with van der Waals surface area (Å²) >= 11 is 1.14. The first-order chi connectivity index (χ1) is 14.2. The van der Waals surface area contributed by atoms with Gasteiger partial charge < -0.3 is 16.1 Å². The average molecular weight is 429 g/mol. The number of nitrogens with two attached hydrogens (primary N) is 1. The van der Waals surface area contributed by atoms with Gasteiger partial charge in [-0.15, -0.1) is 10.2 Å². The van der Waals surface area contributed by atoms with Gasteiger partial charge in [0, 0.05) is 18.4 Å². The van der Waals surface area contributed by atoms with Gasteiger partial charge in [0.2, 0.25) is 17.0 Å². The Morgan fingerprint density at radius 3 is 2.50 bits per heavy atom. The highest BCUT2D eigenvalue weighted by atomic mass is 32.2. The van der Waals surface area contributed by atoms with Crippen LogP contribution >= 0.6 is 11.8 Å². The quantitative estimate of drug-likeness (QED) is 0.429. The van der Waals surface area contributed by atoms with Crippen molar-refractivity contribution in [3.63, 3.8) is 0 Å². The number of nitrogens with zero attached hydrogens (tertiary/aromatic N) is 6. The van der Waals surface area contributed by atoms with Gasteiger partial charge in [0.05, 0.1) is 18.0 Å². The number of carbonyl (C=O) groups excluding carboxylic acids is 2. The normalized spacial score (nSPS) is 10.8. The molecule has 0 saturated heterocycles. The molecule has 3 aromatic rings. The molecular formula is C19H24N8O2S. The Morgan fingerprint density at radius 2 is 1.87 bits per heavy atom. The fraction of sp³-hybridized carbons (Fsp3) is 0.316. The van der Waals surface area contributed by atoms with Crippen molar-refractivity contribution in [1.82, 2.24) is 29.6 Å². The lowest BCUT2D eigenvalue weighted by atomic mass is 10.2. The molecular weight excluding hydrogens is 404 g/mol. The van der Waals surface area contributed by atoms with Crippen LogP contribution in [0.4, 0.5) is 5.69 Å². The molecule has 0 aliphatic rings. The molecule has 3 N–H and O–H groups in total. The van der Waals surface area contributed by atoms with Gasteiger partial charge in [-0.2, -0.15) is 5.10 Å². The van der Waals surface area contributed by atoms with Crippen LogP contribution < -0.4 is 11.2 Å². The summed E-state index contributed by atoms with van der Waals surface area (Å²) in [7, 11) is 1.58. The highest BCUT2D eigenvalue weighted by Gasteiger charge is 2.18. The van der Waals surface area contributed by atoms with E-state index < -0.39 is 0 Å². The van der Waals surface area contributed by atoms with Crippen molar-refractivity contribution in [2.24, 2.45) is 0 Å². The molecule has 11 heteroatoms. The van der Waals surface area contributed by atoms with Crippen molar-refractivity contribution < 1.29 is 9.59 Å². The fourth-order valence-electron chi connectivity index (χ4n) is 2.72. The minimum atomic E-state index is -0.270. The number of likely N-dealkylation sites (N-methyl/N-ethyl adjacent to an activating group) is 1. The first-order valence-corrected chi connectivity index (χ1v) is 10.2. The molecule has 3 rings (SSSR count). The van der Waals surface area contributed by atoms with Crippen LogP contribution in [0.5, 0.6) is 0 Å². The van der Waals surface area contributed by atoms with Crippen LogP contribution in [0.25, 0.3) is 5.95 Å². The lowest BCUT2D eigenvalue weighted by molar-refractivity contribution is -0.131. The second-order valence-corrected chi connectivity index (χ2v) is 7.89. The number of benzene rings is 1. The Balaban J connectivity index is 1.54. The van der Waals surface area contributed by atoms with Gasteiger partial charge >= 0.3 is 0 Å². The van der Waals surface area contributed by atoms with Gasteiger partial charge in [-0.3, -0.25) is 9.59 Å². The summed E-state index contributed by atoms with van der Waals surface area (Å²) in [5.74, 6) is 6.01. The van der Waals surface area contributed by atoms with E-state index in [2.05, 4.69) is 20.6 Å². The molecule has 2 amide bonds. The number of thioether (sulfide) groups is 1. The average Bonchev–Trinajstić information content (AvgIpc) is 3.22. The number of hydrogen-bond donors (Lipinski definition) is 2. The summed E-state index contributed by atoms with van der Waals surface area (Å²) in [4.78, 5) is 25.9. The Bertz CT molecular complexity index is 1060. The van der Waals surface area contributed by atoms with E-state index in [1.165, 1.54) is 9.58 Å². The minimum Gasteiger partial charge on any atom is -0.336 e. The molecule has 0 fully saturated rings. The third kappa shape index (κ3) is 4.98. The first kappa shape index (κ1) is 21.4. The molecule has 1 aromatic carbocycles. The summed E-state index contributed by atoms with van der Waals surface area (Å²) in [6.45, 7) is 5.68. The zero-order valence-electron chi connectivity index (χ0n) is 17.3. The maximum absolute atomic E-state index is 12.4. The van der Waals surface area contributed by atoms with Crippen molar-refractivity contribution in [3.05, 3.63) is 47.3 Å². The molecule has 0 atom stereocenters. The van der Waals surface area contributed by atoms with Crippen molar-refractivity contribution in [2.75, 3.05) is 30.5 Å². The van der Waals surface area contributed by atoms with E-state index in [9.17, 15) is 9.59 Å². The first-order valence-electron chi connectivity index (χ1n) is 9.22. The standard InChI is InChI=1S/C19H24N8O2S/c1-12-5-7-15(8-6-12)21-16(28)10-25(4)17(29)11-30-19-23-22-18(26(19)20)27-14(3)9-13(2)24-27/h5-9H,10-11,20H2,1-4H3,(H,21,28). The molecule has 0 aliphatic carbocycles. The van der Waals surface area contributed by atoms with Gasteiger partial charge in [0.25, 0.3) is 5.95 Å². The Morgan fingerprint density at radius 1 is 1.17 bits per heavy atom. The second-order valence-electron chi connectivity index (χ2n) is 6.94. The van der Waals surface area contributed by atoms with Crippen molar-refractivity contribution >= 4 is 29.3 Å². The van der Waals surface area contributed by atoms with Crippen LogP contribution in [0.15, 0.2) is 35.5 Å². The predicted molar refractivity (Wildman–Crippen MR) is 115 cm³/mol. The topological polar surface area (TPSA) is 124 Å². The molecule has 2 aromatic heterocycles. The van der Waals surface area contributed by atoms with E-state index in [1.54, 1.807) is 11.7 Å². The van der Waals surface area contributed by atoms with Crippen LogP contribution in [-0.4, -0.2) is 60.7 Å². The SMILES string of the molecule is Cc1ccc(NC(=O)CN(C)C(=O)CSc2nnc(-n3nc(C)cc3C)n2N)cc1. The van der Waals surface area contributed by atoms with E-state index in [0.29, 0.717) is 16.8 Å². The van der Waals surface area contributed by atoms with Crippen LogP contribution in [0.1, 0.15) is 17.0 Å². The molecule has 0 aliphatic heterocycles. The number of aryl methyl sites for hydroxylation is 3. The minimum absolute atomic E-state index is 0.0560. The molecule has 2 heterocycles. The number of nitrogens with one attached hydrogen (secondary N) is 1. The number of amides is 2. The second kappa shape index (κ2) is 8.99. The van der Waals surface area contributed by atoms with Crippen molar-refractivity contribution in [2.45, 2.75) is 25.9 Å². The summed E-state index contributed by atoms with van der Waals surface area (Å²) in [5.41, 5.74) is 3.50. The third-order valence-corrected chi connectivity index (χ3v) is 5.24. The van der Waals surface area contributed by atoms with E-state index in [-0.39, 0.29) is 24.1 Å². The Kier molecular flexibility index (Phi) is 6.40. The third-order valence-electron chi connectivity index (χ3n) is 4.31. The van der Waals surface area contributed by atoms with Gasteiger partial charge in [0.15, 0.2) is 0 Å². The molecule has 0 saturated carbocycles. The zero-order chi connectivity index (χ0) is 21.8. The molecule has 0 bridgehead atoms. The van der Waals surface area contributed by atoms with Gasteiger partial charge in [-0.25, -0.2) is 9.36 Å². The molecule has 10 nitrogen and oxygen atoms in total. The summed E-state index contributed by atoms with van der Waals surface area (Å²) in [6.07, 6.45) is 0. The Labute approximate surface area is 178 Å². The van der Waals surface area contributed by atoms with E-state index in [4.69, 9.17) is 5.84 Å². The number of rotatable bonds is 7. The molecule has 158 valence electrons. The van der Waals surface area contributed by atoms with Crippen molar-refractivity contribution in [3.8, 4) is 5.95 Å². The van der Waals surface area contributed by atoms with Gasteiger partial charge in [-0.1, -0.05) is 29.5 Å². The van der Waals surface area contributed by atoms with Crippen LogP contribution in [-0.2, 0) is 9.59 Å². The number of nitrogen functional groups attached to an aromatic ring is 1. The van der Waals surface area contributed by atoms with Crippen LogP contribution in [0, 0.1) is 20.8 Å². The molecule has 0 unspecified atom stereocenters. The van der Waals surface area contributed by atoms with Crippen LogP contribution in [0.3, 0.4) is 0 Å². The number of hydrogen-bond acceptors (Lipinski definition) is 7. The summed E-state index contributed by atoms with van der Waals surface area (Å²) < 4.78 is 2.89. The monoisotopic (exact) mass is 428 g/mol. The lowest BCUT2D eigenvalue weighted by Gasteiger charge is -2.16. The number of anilines is 1. The fourth-order valence-corrected chi connectivity index (χ4v) is 3.51. The highest BCUT2D eigenvalue weighted by molar-refractivity contribution is 7.99. The lowest BCUT2D eigenvalue weighted by Crippen LogP contribution is -2.36. The number of aromatic nitrogens is 5. The molecule has 30 heavy (non-hydrogen) atoms. The summed E-state index contributed by atoms with van der Waals surface area (Å²) in [5, 5.41) is 15.6. The highest BCUT2D eigenvalue weighted by Crippen LogP contribution is 2.18. The van der Waals surface area contributed by atoms with E-state index >= 15 is 0 Å². The number of carbonyl (C=O) groups is 2. The van der Waals surface area contributed by atoms with Gasteiger partial charge in [0.1, 0.15) is 0 Å². The Hall–Kier alpha value is -3.34. The predicted octanol–water partition coefficient (Wildman–Crippen LogP) is 1.29.